The fraction of sp³-hybridized carbons (Fsp3) is 0.588. The number of rotatable bonds is 2. The van der Waals surface area contributed by atoms with Crippen molar-refractivity contribution in [2.45, 2.75) is 50.9 Å². The highest BCUT2D eigenvalue weighted by atomic mass is 16.4. The van der Waals surface area contributed by atoms with Gasteiger partial charge in [0.2, 0.25) is 0 Å². The van der Waals surface area contributed by atoms with Gasteiger partial charge in [0.05, 0.1) is 0 Å². The van der Waals surface area contributed by atoms with Gasteiger partial charge in [0, 0.05) is 18.6 Å². The second kappa shape index (κ2) is 5.78. The second-order valence-electron chi connectivity index (χ2n) is 6.51. The number of fused-ring (bicyclic) bond motifs is 1. The Morgan fingerprint density at radius 2 is 2.00 bits per heavy atom. The van der Waals surface area contributed by atoms with Gasteiger partial charge in [-0.3, -0.25) is 9.69 Å². The van der Waals surface area contributed by atoms with E-state index >= 15 is 0 Å². The summed E-state index contributed by atoms with van der Waals surface area (Å²) in [5, 5.41) is 9.63. The molecule has 114 valence electrons. The molecule has 4 nitrogen and oxygen atoms in total. The highest BCUT2D eigenvalue weighted by Crippen LogP contribution is 2.30. The first-order valence-electron chi connectivity index (χ1n) is 7.82. The molecule has 21 heavy (non-hydrogen) atoms. The number of nitrogens with zero attached hydrogens (tertiary/aromatic N) is 2. The Bertz CT molecular complexity index is 531. The van der Waals surface area contributed by atoms with E-state index in [0.29, 0.717) is 18.5 Å². The number of carbonyl (C=O) groups is 1. The molecule has 1 aromatic carbocycles. The fourth-order valence-corrected chi connectivity index (χ4v) is 3.72. The minimum atomic E-state index is -0.684. The number of carboxylic acids is 1. The normalized spacial score (nSPS) is 30.9. The summed E-state index contributed by atoms with van der Waals surface area (Å²) in [6, 6.07) is 8.79. The van der Waals surface area contributed by atoms with Crippen LogP contribution in [0.2, 0.25) is 0 Å². The minimum Gasteiger partial charge on any atom is -0.480 e. The lowest BCUT2D eigenvalue weighted by Crippen LogP contribution is -2.55. The molecule has 1 aromatic rings. The highest BCUT2D eigenvalue weighted by molar-refractivity contribution is 5.74. The zero-order chi connectivity index (χ0) is 15.0. The van der Waals surface area contributed by atoms with Crippen molar-refractivity contribution in [3.8, 4) is 0 Å². The average molecular weight is 288 g/mol. The van der Waals surface area contributed by atoms with Crippen LogP contribution in [-0.2, 0) is 17.8 Å². The number of aliphatic carboxylic acids is 1. The van der Waals surface area contributed by atoms with Crippen LogP contribution in [-0.4, -0.2) is 52.6 Å². The summed E-state index contributed by atoms with van der Waals surface area (Å²) >= 11 is 0. The summed E-state index contributed by atoms with van der Waals surface area (Å²) < 4.78 is 0. The first kappa shape index (κ1) is 14.5. The molecule has 3 rings (SSSR count). The van der Waals surface area contributed by atoms with E-state index in [4.69, 9.17) is 0 Å². The zero-order valence-electron chi connectivity index (χ0n) is 12.8. The van der Waals surface area contributed by atoms with E-state index in [-0.39, 0.29) is 6.04 Å². The van der Waals surface area contributed by atoms with E-state index in [9.17, 15) is 9.90 Å². The van der Waals surface area contributed by atoms with Crippen LogP contribution in [0.4, 0.5) is 0 Å². The SMILES string of the molecule is CC1CC(N2Cc3ccccc3CC2C(=O)O)CCN1C. The largest absolute Gasteiger partial charge is 0.480 e. The van der Waals surface area contributed by atoms with E-state index < -0.39 is 5.97 Å². The van der Waals surface area contributed by atoms with Gasteiger partial charge in [0.1, 0.15) is 6.04 Å². The second-order valence-corrected chi connectivity index (χ2v) is 6.51. The van der Waals surface area contributed by atoms with E-state index in [1.165, 1.54) is 11.1 Å². The number of benzene rings is 1. The first-order valence-corrected chi connectivity index (χ1v) is 7.82. The molecule has 1 fully saturated rings. The smallest absolute Gasteiger partial charge is 0.321 e. The quantitative estimate of drug-likeness (QED) is 0.904. The molecule has 1 N–H and O–H groups in total. The van der Waals surface area contributed by atoms with Crippen LogP contribution in [0, 0.1) is 0 Å². The molecule has 4 heteroatoms. The van der Waals surface area contributed by atoms with Gasteiger partial charge in [-0.25, -0.2) is 0 Å². The van der Waals surface area contributed by atoms with Gasteiger partial charge in [0.15, 0.2) is 0 Å². The molecule has 0 aromatic heterocycles. The van der Waals surface area contributed by atoms with Crippen molar-refractivity contribution in [2.75, 3.05) is 13.6 Å². The van der Waals surface area contributed by atoms with Crippen molar-refractivity contribution in [3.63, 3.8) is 0 Å². The summed E-state index contributed by atoms with van der Waals surface area (Å²) in [7, 11) is 2.15. The van der Waals surface area contributed by atoms with Crippen molar-refractivity contribution in [1.82, 2.24) is 9.80 Å². The van der Waals surface area contributed by atoms with E-state index in [0.717, 1.165) is 25.9 Å². The third-order valence-electron chi connectivity index (χ3n) is 5.22. The van der Waals surface area contributed by atoms with Crippen molar-refractivity contribution < 1.29 is 9.90 Å². The Balaban J connectivity index is 1.84. The van der Waals surface area contributed by atoms with E-state index in [2.05, 4.69) is 42.0 Å². The minimum absolute atomic E-state index is 0.375. The summed E-state index contributed by atoms with van der Waals surface area (Å²) in [6.07, 6.45) is 2.75. The van der Waals surface area contributed by atoms with Gasteiger partial charge in [-0.15, -0.1) is 0 Å². The number of hydrogen-bond donors (Lipinski definition) is 1. The van der Waals surface area contributed by atoms with Crippen LogP contribution in [0.3, 0.4) is 0 Å². The van der Waals surface area contributed by atoms with Crippen LogP contribution >= 0.6 is 0 Å². The number of likely N-dealkylation sites (tertiary alicyclic amines) is 1. The first-order chi connectivity index (χ1) is 10.1. The van der Waals surface area contributed by atoms with Gasteiger partial charge in [-0.1, -0.05) is 24.3 Å². The molecule has 3 unspecified atom stereocenters. The molecule has 2 heterocycles. The lowest BCUT2D eigenvalue weighted by molar-refractivity contribution is -0.145. The van der Waals surface area contributed by atoms with Crippen molar-refractivity contribution in [2.24, 2.45) is 0 Å². The van der Waals surface area contributed by atoms with E-state index in [1.807, 2.05) is 6.07 Å². The van der Waals surface area contributed by atoms with Crippen LogP contribution in [0.15, 0.2) is 24.3 Å². The number of hydrogen-bond acceptors (Lipinski definition) is 3. The molecule has 2 aliphatic heterocycles. The highest BCUT2D eigenvalue weighted by Gasteiger charge is 2.37. The third kappa shape index (κ3) is 2.83. The van der Waals surface area contributed by atoms with Crippen molar-refractivity contribution in [3.05, 3.63) is 35.4 Å². The van der Waals surface area contributed by atoms with Gasteiger partial charge >= 0.3 is 5.97 Å². The Labute approximate surface area is 126 Å². The zero-order valence-corrected chi connectivity index (χ0v) is 12.8. The number of piperidine rings is 1. The molecule has 0 spiro atoms. The predicted octanol–water partition coefficient (Wildman–Crippen LogP) is 1.98. The molecule has 3 atom stereocenters. The molecular formula is C17H24N2O2. The van der Waals surface area contributed by atoms with Gasteiger partial charge in [0.25, 0.3) is 0 Å². The molecular weight excluding hydrogens is 264 g/mol. The molecule has 0 radical (unpaired) electrons. The molecule has 0 aliphatic carbocycles. The maximum absolute atomic E-state index is 11.7. The molecule has 1 saturated heterocycles. The van der Waals surface area contributed by atoms with Crippen LogP contribution in [0.5, 0.6) is 0 Å². The summed E-state index contributed by atoms with van der Waals surface area (Å²) in [5.41, 5.74) is 2.49. The van der Waals surface area contributed by atoms with Gasteiger partial charge in [-0.05, 0) is 50.9 Å². The van der Waals surface area contributed by atoms with Crippen molar-refractivity contribution >= 4 is 5.97 Å². The van der Waals surface area contributed by atoms with E-state index in [1.54, 1.807) is 0 Å². The predicted molar refractivity (Wildman–Crippen MR) is 82.2 cm³/mol. The average Bonchev–Trinajstić information content (AvgIpc) is 2.48. The molecule has 0 saturated carbocycles. The maximum atomic E-state index is 11.7. The van der Waals surface area contributed by atoms with Gasteiger partial charge in [-0.2, -0.15) is 0 Å². The lowest BCUT2D eigenvalue weighted by Gasteiger charge is -2.45. The Hall–Kier alpha value is -1.39. The summed E-state index contributed by atoms with van der Waals surface area (Å²) in [5.74, 6) is -0.684. The Morgan fingerprint density at radius 3 is 2.67 bits per heavy atom. The van der Waals surface area contributed by atoms with Crippen molar-refractivity contribution in [1.29, 1.82) is 0 Å². The maximum Gasteiger partial charge on any atom is 0.321 e. The topological polar surface area (TPSA) is 43.8 Å². The summed E-state index contributed by atoms with van der Waals surface area (Å²) in [6.45, 7) is 4.06. The Kier molecular flexibility index (Phi) is 4.00. The van der Waals surface area contributed by atoms with Crippen LogP contribution < -0.4 is 0 Å². The molecule has 2 aliphatic rings. The molecule has 0 amide bonds. The standard InChI is InChI=1S/C17H24N2O2/c1-12-9-15(7-8-18(12)2)19-11-14-6-4-3-5-13(14)10-16(19)17(20)21/h3-6,12,15-16H,7-11H2,1-2H3,(H,20,21). The van der Waals surface area contributed by atoms with Crippen LogP contribution in [0.25, 0.3) is 0 Å². The third-order valence-corrected chi connectivity index (χ3v) is 5.22. The fourth-order valence-electron chi connectivity index (χ4n) is 3.72. The summed E-state index contributed by atoms with van der Waals surface area (Å²) in [4.78, 5) is 16.3. The monoisotopic (exact) mass is 288 g/mol. The lowest BCUT2D eigenvalue weighted by atomic mass is 9.89. The number of carboxylic acid groups (broad SMARTS) is 1. The Morgan fingerprint density at radius 1 is 1.29 bits per heavy atom. The van der Waals surface area contributed by atoms with Crippen LogP contribution in [0.1, 0.15) is 30.9 Å². The molecule has 0 bridgehead atoms. The van der Waals surface area contributed by atoms with Gasteiger partial charge < -0.3 is 10.0 Å².